The summed E-state index contributed by atoms with van der Waals surface area (Å²) in [7, 11) is 0. The Labute approximate surface area is 97.4 Å². The second-order valence-corrected chi connectivity index (χ2v) is 4.01. The Morgan fingerprint density at radius 2 is 2.13 bits per heavy atom. The van der Waals surface area contributed by atoms with Crippen LogP contribution in [-0.2, 0) is 0 Å². The smallest absolute Gasteiger partial charge is 0.204 e. The van der Waals surface area contributed by atoms with Gasteiger partial charge in [-0.1, -0.05) is 23.2 Å². The van der Waals surface area contributed by atoms with Gasteiger partial charge in [-0.3, -0.25) is 0 Å². The Bertz CT molecular complexity index is 479. The van der Waals surface area contributed by atoms with Crippen LogP contribution in [0.15, 0.2) is 24.4 Å². The van der Waals surface area contributed by atoms with Crippen LogP contribution in [0.5, 0.6) is 0 Å². The van der Waals surface area contributed by atoms with Crippen LogP contribution in [0.1, 0.15) is 5.69 Å². The van der Waals surface area contributed by atoms with E-state index in [2.05, 4.69) is 15.3 Å². The quantitative estimate of drug-likeness (QED) is 0.841. The first kappa shape index (κ1) is 10.3. The van der Waals surface area contributed by atoms with Gasteiger partial charge in [-0.25, -0.2) is 4.98 Å². The maximum absolute atomic E-state index is 6.00. The molecule has 0 radical (unpaired) electrons. The molecule has 0 atom stereocenters. The summed E-state index contributed by atoms with van der Waals surface area (Å²) in [6.07, 6.45) is 1.74. The Hall–Kier alpha value is -1.19. The van der Waals surface area contributed by atoms with E-state index in [9.17, 15) is 0 Å². The highest BCUT2D eigenvalue weighted by Gasteiger charge is 2.03. The van der Waals surface area contributed by atoms with Gasteiger partial charge in [-0.15, -0.1) is 0 Å². The van der Waals surface area contributed by atoms with E-state index in [1.165, 1.54) is 0 Å². The third-order valence-electron chi connectivity index (χ3n) is 1.89. The zero-order valence-corrected chi connectivity index (χ0v) is 9.52. The van der Waals surface area contributed by atoms with Crippen LogP contribution in [0, 0.1) is 6.92 Å². The number of hydrogen-bond acceptors (Lipinski definition) is 2. The molecule has 0 aliphatic carbocycles. The average Bonchev–Trinajstić information content (AvgIpc) is 2.56. The minimum Gasteiger partial charge on any atom is -0.328 e. The molecule has 2 N–H and O–H groups in total. The summed E-state index contributed by atoms with van der Waals surface area (Å²) < 4.78 is 0. The Morgan fingerprint density at radius 1 is 1.33 bits per heavy atom. The molecule has 0 aliphatic heterocycles. The van der Waals surface area contributed by atoms with E-state index in [-0.39, 0.29) is 0 Å². The minimum absolute atomic E-state index is 0.566. The molecule has 1 aromatic carbocycles. The molecule has 0 unspecified atom stereocenters. The first-order valence-corrected chi connectivity index (χ1v) is 5.14. The van der Waals surface area contributed by atoms with Crippen LogP contribution >= 0.6 is 23.2 Å². The third kappa shape index (κ3) is 2.43. The lowest BCUT2D eigenvalue weighted by Crippen LogP contribution is -1.92. The van der Waals surface area contributed by atoms with Gasteiger partial charge in [0.2, 0.25) is 5.95 Å². The van der Waals surface area contributed by atoms with Crippen LogP contribution in [0.2, 0.25) is 10.0 Å². The van der Waals surface area contributed by atoms with Crippen molar-refractivity contribution >= 4 is 34.8 Å². The minimum atomic E-state index is 0.566. The van der Waals surface area contributed by atoms with Crippen molar-refractivity contribution in [2.75, 3.05) is 5.32 Å². The van der Waals surface area contributed by atoms with E-state index in [1.807, 2.05) is 13.0 Å². The van der Waals surface area contributed by atoms with Crippen molar-refractivity contribution in [2.45, 2.75) is 6.92 Å². The number of nitrogens with one attached hydrogen (secondary N) is 2. The summed E-state index contributed by atoms with van der Waals surface area (Å²) in [6.45, 7) is 1.93. The molecule has 0 aliphatic rings. The van der Waals surface area contributed by atoms with E-state index >= 15 is 0 Å². The molecular weight excluding hydrogens is 233 g/mol. The fraction of sp³-hybridized carbons (Fsp3) is 0.100. The van der Waals surface area contributed by atoms with Crippen molar-refractivity contribution in [2.24, 2.45) is 0 Å². The van der Waals surface area contributed by atoms with Crippen LogP contribution in [0.3, 0.4) is 0 Å². The number of nitrogens with zero attached hydrogens (tertiary/aromatic N) is 1. The molecule has 0 amide bonds. The molecule has 1 aromatic heterocycles. The normalized spacial score (nSPS) is 10.3. The maximum Gasteiger partial charge on any atom is 0.204 e. The summed E-state index contributed by atoms with van der Waals surface area (Å²) in [5.74, 6) is 0.664. The van der Waals surface area contributed by atoms with E-state index in [0.29, 0.717) is 16.0 Å². The molecule has 1 heterocycles. The number of aromatic nitrogens is 2. The van der Waals surface area contributed by atoms with Crippen LogP contribution in [-0.4, -0.2) is 9.97 Å². The molecule has 78 valence electrons. The monoisotopic (exact) mass is 241 g/mol. The van der Waals surface area contributed by atoms with Gasteiger partial charge in [0, 0.05) is 16.9 Å². The molecule has 15 heavy (non-hydrogen) atoms. The van der Waals surface area contributed by atoms with Gasteiger partial charge in [0.05, 0.1) is 10.7 Å². The second kappa shape index (κ2) is 4.13. The topological polar surface area (TPSA) is 40.7 Å². The van der Waals surface area contributed by atoms with E-state index in [4.69, 9.17) is 23.2 Å². The summed E-state index contributed by atoms with van der Waals surface area (Å²) in [5, 5.41) is 4.24. The Morgan fingerprint density at radius 3 is 2.73 bits per heavy atom. The number of halogens is 2. The largest absolute Gasteiger partial charge is 0.328 e. The third-order valence-corrected chi connectivity index (χ3v) is 2.43. The van der Waals surface area contributed by atoms with Crippen molar-refractivity contribution < 1.29 is 0 Å². The molecule has 2 aromatic rings. The number of aromatic amines is 1. The maximum atomic E-state index is 6.00. The number of benzene rings is 1. The predicted octanol–water partition coefficient (Wildman–Crippen LogP) is 3.77. The van der Waals surface area contributed by atoms with Crippen molar-refractivity contribution in [3.63, 3.8) is 0 Å². The van der Waals surface area contributed by atoms with Gasteiger partial charge in [0.15, 0.2) is 0 Å². The summed E-state index contributed by atoms with van der Waals surface area (Å²) in [5.41, 5.74) is 1.76. The number of H-pyrrole nitrogens is 1. The lowest BCUT2D eigenvalue weighted by atomic mass is 10.3. The molecule has 0 saturated carbocycles. The molecule has 0 bridgehead atoms. The molecule has 0 spiro atoms. The fourth-order valence-corrected chi connectivity index (χ4v) is 1.65. The van der Waals surface area contributed by atoms with Gasteiger partial charge in [-0.05, 0) is 25.1 Å². The fourth-order valence-electron chi connectivity index (χ4n) is 1.19. The SMILES string of the molecule is Cc1cnc(Nc2ccc(Cl)cc2Cl)[nH]1. The van der Waals surface area contributed by atoms with Gasteiger partial charge in [0.25, 0.3) is 0 Å². The Kier molecular flexibility index (Phi) is 2.84. The molecule has 3 nitrogen and oxygen atoms in total. The number of imidazole rings is 1. The van der Waals surface area contributed by atoms with E-state index in [1.54, 1.807) is 18.3 Å². The Balaban J connectivity index is 2.24. The summed E-state index contributed by atoms with van der Waals surface area (Å²) in [6, 6.07) is 5.26. The highest BCUT2D eigenvalue weighted by molar-refractivity contribution is 6.36. The summed E-state index contributed by atoms with van der Waals surface area (Å²) in [4.78, 5) is 7.17. The lowest BCUT2D eigenvalue weighted by molar-refractivity contribution is 1.24. The second-order valence-electron chi connectivity index (χ2n) is 3.16. The van der Waals surface area contributed by atoms with Gasteiger partial charge >= 0.3 is 0 Å². The molecule has 0 fully saturated rings. The van der Waals surface area contributed by atoms with Crippen molar-refractivity contribution in [3.8, 4) is 0 Å². The number of hydrogen-bond donors (Lipinski definition) is 2. The van der Waals surface area contributed by atoms with Crippen molar-refractivity contribution in [3.05, 3.63) is 40.1 Å². The van der Waals surface area contributed by atoms with E-state index in [0.717, 1.165) is 11.4 Å². The lowest BCUT2D eigenvalue weighted by Gasteiger charge is -2.05. The standard InChI is InChI=1S/C10H9Cl2N3/c1-6-5-13-10(14-6)15-9-3-2-7(11)4-8(9)12/h2-5H,1H3,(H2,13,14,15). The first-order valence-electron chi connectivity index (χ1n) is 4.39. The average molecular weight is 242 g/mol. The van der Waals surface area contributed by atoms with Crippen LogP contribution in [0.4, 0.5) is 11.6 Å². The number of rotatable bonds is 2. The number of aryl methyl sites for hydroxylation is 1. The molecule has 2 rings (SSSR count). The van der Waals surface area contributed by atoms with Gasteiger partial charge in [0.1, 0.15) is 0 Å². The van der Waals surface area contributed by atoms with Crippen LogP contribution in [0.25, 0.3) is 0 Å². The highest BCUT2D eigenvalue weighted by Crippen LogP contribution is 2.27. The molecular formula is C10H9Cl2N3. The zero-order valence-electron chi connectivity index (χ0n) is 8.01. The molecule has 0 saturated heterocycles. The predicted molar refractivity (Wildman–Crippen MR) is 63.1 cm³/mol. The highest BCUT2D eigenvalue weighted by atomic mass is 35.5. The van der Waals surface area contributed by atoms with Gasteiger partial charge in [-0.2, -0.15) is 0 Å². The zero-order chi connectivity index (χ0) is 10.8. The summed E-state index contributed by atoms with van der Waals surface area (Å²) >= 11 is 11.8. The molecule has 5 heteroatoms. The van der Waals surface area contributed by atoms with Crippen LogP contribution < -0.4 is 5.32 Å². The van der Waals surface area contributed by atoms with Crippen molar-refractivity contribution in [1.29, 1.82) is 0 Å². The first-order chi connectivity index (χ1) is 7.15. The van der Waals surface area contributed by atoms with Crippen molar-refractivity contribution in [1.82, 2.24) is 9.97 Å². The number of anilines is 2. The van der Waals surface area contributed by atoms with E-state index < -0.39 is 0 Å². The van der Waals surface area contributed by atoms with Gasteiger partial charge < -0.3 is 10.3 Å².